The van der Waals surface area contributed by atoms with E-state index in [-0.39, 0.29) is 11.5 Å². The van der Waals surface area contributed by atoms with E-state index in [9.17, 15) is 19.7 Å². The Morgan fingerprint density at radius 2 is 1.94 bits per heavy atom. The number of nitro benzene ring substituents is 1. The predicted octanol–water partition coefficient (Wildman–Crippen LogP) is 3.42. The van der Waals surface area contributed by atoms with Crippen LogP contribution in [0.25, 0.3) is 11.0 Å². The van der Waals surface area contributed by atoms with Gasteiger partial charge in [-0.2, -0.15) is 0 Å². The average Bonchev–Trinajstić information content (AvgIpc) is 3.34. The number of hydrogen-bond donors (Lipinski definition) is 1. The summed E-state index contributed by atoms with van der Waals surface area (Å²) in [4.78, 5) is 37.0. The van der Waals surface area contributed by atoms with Crippen LogP contribution in [0.4, 0.5) is 11.4 Å². The third kappa shape index (κ3) is 2.39. The molecule has 8 nitrogen and oxygen atoms in total. The Morgan fingerprint density at radius 3 is 2.71 bits per heavy atom. The van der Waals surface area contributed by atoms with Crippen molar-refractivity contribution >= 4 is 28.1 Å². The van der Waals surface area contributed by atoms with Crippen LogP contribution in [0.2, 0.25) is 0 Å². The summed E-state index contributed by atoms with van der Waals surface area (Å²) in [7, 11) is 0. The number of ketones is 1. The Balaban J connectivity index is 1.50. The monoisotopic (exact) mass is 416 g/mol. The molecule has 154 valence electrons. The number of rotatable bonds is 3. The molecule has 4 heterocycles. The van der Waals surface area contributed by atoms with E-state index in [0.717, 1.165) is 5.39 Å². The van der Waals surface area contributed by atoms with Crippen molar-refractivity contribution in [1.82, 2.24) is 0 Å². The Kier molecular flexibility index (Phi) is 3.56. The number of fused-ring (bicyclic) bond motifs is 5. The first kappa shape index (κ1) is 18.0. The van der Waals surface area contributed by atoms with Gasteiger partial charge in [-0.15, -0.1) is 0 Å². The molecular formula is C23H16N2O6. The van der Waals surface area contributed by atoms with E-state index in [1.165, 1.54) is 24.3 Å². The summed E-state index contributed by atoms with van der Waals surface area (Å²) < 4.78 is 11.8. The summed E-state index contributed by atoms with van der Waals surface area (Å²) in [5.74, 6) is -1.35. The summed E-state index contributed by atoms with van der Waals surface area (Å²) in [5, 5.41) is 15.1. The molecule has 2 aromatic carbocycles. The fourth-order valence-electron chi connectivity index (χ4n) is 5.19. The number of benzene rings is 2. The minimum atomic E-state index is -0.810. The first-order chi connectivity index (χ1) is 15.0. The zero-order valence-corrected chi connectivity index (χ0v) is 16.1. The van der Waals surface area contributed by atoms with Crippen LogP contribution in [-0.4, -0.2) is 29.0 Å². The highest BCUT2D eigenvalue weighted by Gasteiger charge is 2.62. The molecule has 2 bridgehead atoms. The molecule has 1 fully saturated rings. The number of nitro groups is 1. The second-order valence-corrected chi connectivity index (χ2v) is 8.10. The molecule has 31 heavy (non-hydrogen) atoms. The minimum Gasteiger partial charge on any atom is -0.422 e. The molecule has 3 aromatic rings. The van der Waals surface area contributed by atoms with E-state index in [1.54, 1.807) is 12.1 Å². The largest absolute Gasteiger partial charge is 0.422 e. The molecule has 0 saturated carbocycles. The van der Waals surface area contributed by atoms with Crippen LogP contribution in [0, 0.1) is 16.0 Å². The number of hydrogen-bond acceptors (Lipinski definition) is 7. The van der Waals surface area contributed by atoms with Crippen molar-refractivity contribution < 1.29 is 18.9 Å². The van der Waals surface area contributed by atoms with Crippen molar-refractivity contribution in [2.24, 2.45) is 5.92 Å². The van der Waals surface area contributed by atoms with E-state index in [4.69, 9.17) is 9.15 Å². The smallest absolute Gasteiger partial charge is 0.341 e. The molecule has 8 heteroatoms. The number of nitrogens with zero attached hydrogens (tertiary/aromatic N) is 1. The average molecular weight is 416 g/mol. The molecule has 4 atom stereocenters. The maximum absolute atomic E-state index is 13.5. The molecule has 3 aliphatic heterocycles. The van der Waals surface area contributed by atoms with Gasteiger partial charge in [-0.1, -0.05) is 24.3 Å². The first-order valence-electron chi connectivity index (χ1n) is 9.94. The van der Waals surface area contributed by atoms with Crippen molar-refractivity contribution in [2.75, 3.05) is 11.9 Å². The molecule has 0 amide bonds. The number of nitrogens with one attached hydrogen (secondary N) is 1. The lowest BCUT2D eigenvalue weighted by Crippen LogP contribution is -2.47. The topological polar surface area (TPSA) is 112 Å². The normalized spacial score (nSPS) is 27.5. The highest BCUT2D eigenvalue weighted by atomic mass is 16.6. The van der Waals surface area contributed by atoms with Crippen LogP contribution in [-0.2, 0) is 4.74 Å². The minimum absolute atomic E-state index is 0.0866. The molecule has 0 unspecified atom stereocenters. The van der Waals surface area contributed by atoms with Gasteiger partial charge >= 0.3 is 5.63 Å². The van der Waals surface area contributed by atoms with Gasteiger partial charge in [-0.3, -0.25) is 14.9 Å². The van der Waals surface area contributed by atoms with Crippen molar-refractivity contribution in [2.45, 2.75) is 17.6 Å². The van der Waals surface area contributed by atoms with E-state index in [1.807, 2.05) is 24.3 Å². The molecule has 1 saturated heterocycles. The van der Waals surface area contributed by atoms with Gasteiger partial charge in [0.05, 0.1) is 28.2 Å². The lowest BCUT2D eigenvalue weighted by Gasteiger charge is -2.38. The number of ether oxygens (including phenoxy) is 1. The van der Waals surface area contributed by atoms with Crippen molar-refractivity contribution in [1.29, 1.82) is 0 Å². The molecule has 1 spiro atoms. The maximum atomic E-state index is 13.5. The molecule has 3 aliphatic rings. The van der Waals surface area contributed by atoms with Crippen LogP contribution < -0.4 is 10.9 Å². The van der Waals surface area contributed by atoms with Gasteiger partial charge in [-0.05, 0) is 24.3 Å². The molecule has 1 N–H and O–H groups in total. The first-order valence-corrected chi connectivity index (χ1v) is 9.94. The van der Waals surface area contributed by atoms with Crippen LogP contribution in [0.5, 0.6) is 0 Å². The standard InChI is InChI=1S/C23H16N2O6/c26-21(12-5-7-13(8-6-12)25(28)29)17-16-9-10-23(31-16)11-24-20-14-3-1-2-4-15(14)30-22(27)18(20)19(17)23/h1-10,16-17,19,24H,11H2/t16-,17+,19+,23-/m0/s1. The van der Waals surface area contributed by atoms with Gasteiger partial charge in [0.1, 0.15) is 11.2 Å². The van der Waals surface area contributed by atoms with E-state index >= 15 is 0 Å². The predicted molar refractivity (Wildman–Crippen MR) is 111 cm³/mol. The van der Waals surface area contributed by atoms with E-state index in [0.29, 0.717) is 28.9 Å². The van der Waals surface area contributed by atoms with Gasteiger partial charge in [0, 0.05) is 35.5 Å². The number of Topliss-reactive ketones (excluding diaryl/α,β-unsaturated/α-hetero) is 1. The Labute approximate surface area is 175 Å². The zero-order chi connectivity index (χ0) is 21.3. The maximum Gasteiger partial charge on any atom is 0.341 e. The van der Waals surface area contributed by atoms with Gasteiger partial charge in [0.15, 0.2) is 5.78 Å². The number of non-ortho nitro benzene ring substituents is 1. The van der Waals surface area contributed by atoms with E-state index < -0.39 is 34.1 Å². The number of para-hydroxylation sites is 1. The lowest BCUT2D eigenvalue weighted by atomic mass is 9.67. The quantitative estimate of drug-likeness (QED) is 0.229. The molecule has 6 rings (SSSR count). The highest BCUT2D eigenvalue weighted by molar-refractivity contribution is 6.01. The lowest BCUT2D eigenvalue weighted by molar-refractivity contribution is -0.384. The number of carbonyl (C=O) groups is 1. The van der Waals surface area contributed by atoms with Gasteiger partial charge < -0.3 is 14.5 Å². The Morgan fingerprint density at radius 1 is 1.16 bits per heavy atom. The van der Waals surface area contributed by atoms with Crippen LogP contribution in [0.1, 0.15) is 21.8 Å². The summed E-state index contributed by atoms with van der Waals surface area (Å²) in [6, 6.07) is 12.8. The molecular weight excluding hydrogens is 400 g/mol. The third-order valence-electron chi connectivity index (χ3n) is 6.53. The van der Waals surface area contributed by atoms with E-state index in [2.05, 4.69) is 5.32 Å². The summed E-state index contributed by atoms with van der Waals surface area (Å²) in [5.41, 5.74) is 0.530. The Bertz CT molecular complexity index is 1360. The van der Waals surface area contributed by atoms with Gasteiger partial charge in [0.25, 0.3) is 5.69 Å². The molecule has 0 radical (unpaired) electrons. The van der Waals surface area contributed by atoms with Gasteiger partial charge in [-0.25, -0.2) is 4.79 Å². The van der Waals surface area contributed by atoms with Crippen LogP contribution >= 0.6 is 0 Å². The number of anilines is 1. The third-order valence-corrected chi connectivity index (χ3v) is 6.53. The van der Waals surface area contributed by atoms with Crippen molar-refractivity contribution in [3.63, 3.8) is 0 Å². The summed E-state index contributed by atoms with van der Waals surface area (Å²) in [6.07, 6.45) is 3.30. The highest BCUT2D eigenvalue weighted by Crippen LogP contribution is 2.56. The van der Waals surface area contributed by atoms with Crippen molar-refractivity contribution in [3.8, 4) is 0 Å². The fourth-order valence-corrected chi connectivity index (χ4v) is 5.19. The molecule has 1 aromatic heterocycles. The Hall–Kier alpha value is -3.78. The summed E-state index contributed by atoms with van der Waals surface area (Å²) in [6.45, 7) is 0.426. The van der Waals surface area contributed by atoms with Crippen molar-refractivity contribution in [3.05, 3.63) is 92.3 Å². The second kappa shape index (κ2) is 6.12. The SMILES string of the molecule is O=C(c1ccc([N+](=O)[O-])cc1)[C@@H]1[C@@H]2C=C[C@@]3(CNc4c(c(=O)oc5ccccc45)[C@@H]13)O2. The molecule has 0 aliphatic carbocycles. The van der Waals surface area contributed by atoms with Crippen LogP contribution in [0.15, 0.2) is 69.9 Å². The zero-order valence-electron chi connectivity index (χ0n) is 16.1. The fraction of sp³-hybridized carbons (Fsp3) is 0.217. The summed E-state index contributed by atoms with van der Waals surface area (Å²) >= 11 is 0. The number of carbonyl (C=O) groups excluding carboxylic acids is 1. The van der Waals surface area contributed by atoms with Crippen LogP contribution in [0.3, 0.4) is 0 Å². The second-order valence-electron chi connectivity index (χ2n) is 8.10. The van der Waals surface area contributed by atoms with Gasteiger partial charge in [0.2, 0.25) is 0 Å².